The van der Waals surface area contributed by atoms with Gasteiger partial charge in [0, 0.05) is 0 Å². The summed E-state index contributed by atoms with van der Waals surface area (Å²) in [5.74, 6) is -2.52. The summed E-state index contributed by atoms with van der Waals surface area (Å²) in [7, 11) is 0.587. The van der Waals surface area contributed by atoms with E-state index in [0.29, 0.717) is 10.8 Å². The predicted octanol–water partition coefficient (Wildman–Crippen LogP) is 0.750. The molecule has 0 saturated heterocycles. The third-order valence-electron chi connectivity index (χ3n) is 0.876. The first kappa shape index (κ1) is 11.0. The number of hydrogen-bond acceptors (Lipinski definition) is 5. The van der Waals surface area contributed by atoms with E-state index in [1.165, 1.54) is 0 Å². The van der Waals surface area contributed by atoms with E-state index in [1.54, 1.807) is 0 Å². The van der Waals surface area contributed by atoms with Crippen LogP contribution in [0, 0.1) is 0 Å². The van der Waals surface area contributed by atoms with Crippen molar-refractivity contribution in [1.82, 2.24) is 0 Å². The minimum atomic E-state index is -1.64. The fourth-order valence-corrected chi connectivity index (χ4v) is 1.18. The second-order valence-corrected chi connectivity index (χ2v) is 4.24. The van der Waals surface area contributed by atoms with Crippen LogP contribution in [-0.4, -0.2) is 26.2 Å². The number of carboxylic acids is 2. The van der Waals surface area contributed by atoms with Crippen LogP contribution in [0.3, 0.4) is 0 Å². The van der Waals surface area contributed by atoms with Crippen molar-refractivity contribution in [2.24, 2.45) is 0 Å². The van der Waals surface area contributed by atoms with Crippen LogP contribution in [0.25, 0.3) is 0 Å². The fourth-order valence-electron chi connectivity index (χ4n) is 0.352. The zero-order valence-electron chi connectivity index (χ0n) is 5.22. The summed E-state index contributed by atoms with van der Waals surface area (Å²) in [5.41, 5.74) is 0. The topological polar surface area (TPSA) is 74.6 Å². The van der Waals surface area contributed by atoms with Gasteiger partial charge in [0.1, 0.15) is 0 Å². The Morgan fingerprint density at radius 3 is 2.00 bits per heavy atom. The van der Waals surface area contributed by atoms with Crippen LogP contribution < -0.4 is 0 Å². The predicted molar refractivity (Wildman–Crippen MR) is 48.2 cm³/mol. The molecule has 0 aromatic carbocycles. The van der Waals surface area contributed by atoms with Crippen molar-refractivity contribution in [2.45, 2.75) is 10.5 Å². The highest BCUT2D eigenvalue weighted by Crippen LogP contribution is 2.35. The van der Waals surface area contributed by atoms with E-state index in [4.69, 9.17) is 10.2 Å². The van der Waals surface area contributed by atoms with Gasteiger partial charge in [-0.3, -0.25) is 4.79 Å². The first-order valence-corrected chi connectivity index (χ1v) is 4.74. The van der Waals surface area contributed by atoms with Gasteiger partial charge in [-0.2, -0.15) is 0 Å². The number of aliphatic carboxylic acids is 2. The summed E-state index contributed by atoms with van der Waals surface area (Å²) in [5, 5.41) is 16.7. The largest absolute Gasteiger partial charge is 0.481 e. The highest BCUT2D eigenvalue weighted by molar-refractivity contribution is 8.71. The van der Waals surface area contributed by atoms with Crippen LogP contribution in [0.4, 0.5) is 0 Å². The highest BCUT2D eigenvalue weighted by Gasteiger charge is 2.36. The van der Waals surface area contributed by atoms with Crippen LogP contribution in [0.2, 0.25) is 0 Å². The Morgan fingerprint density at radius 2 is 1.91 bits per heavy atom. The maximum atomic E-state index is 10.4. The molecule has 0 aliphatic heterocycles. The van der Waals surface area contributed by atoms with Crippen LogP contribution >= 0.6 is 35.1 Å². The van der Waals surface area contributed by atoms with Crippen molar-refractivity contribution in [3.05, 3.63) is 0 Å². The van der Waals surface area contributed by atoms with Gasteiger partial charge in [-0.05, 0) is 0 Å². The van der Waals surface area contributed by atoms with Crippen molar-refractivity contribution in [3.63, 3.8) is 0 Å². The monoisotopic (exact) mass is 214 g/mol. The van der Waals surface area contributed by atoms with E-state index in [1.807, 2.05) is 0 Å². The molecule has 64 valence electrons. The second kappa shape index (κ2) is 4.13. The molecule has 11 heavy (non-hydrogen) atoms. The lowest BCUT2D eigenvalue weighted by molar-refractivity contribution is -0.143. The Bertz CT molecular complexity index is 182. The minimum Gasteiger partial charge on any atom is -0.481 e. The molecule has 0 aliphatic rings. The number of carboxylic acid groups (broad SMARTS) is 2. The Balaban J connectivity index is 4.34. The molecule has 0 heterocycles. The van der Waals surface area contributed by atoms with Gasteiger partial charge in [0.25, 0.3) is 0 Å². The quantitative estimate of drug-likeness (QED) is 0.316. The van der Waals surface area contributed by atoms with Crippen LogP contribution in [0.1, 0.15) is 6.42 Å². The molecule has 0 spiro atoms. The SMILES string of the molecule is O=C(O)CC(S)(SS)C(=O)O. The highest BCUT2D eigenvalue weighted by atomic mass is 33.1. The van der Waals surface area contributed by atoms with Crippen molar-refractivity contribution >= 4 is 47.0 Å². The van der Waals surface area contributed by atoms with E-state index in [-0.39, 0.29) is 0 Å². The molecule has 0 aliphatic carbocycles. The van der Waals surface area contributed by atoms with Gasteiger partial charge in [0.05, 0.1) is 6.42 Å². The first-order valence-electron chi connectivity index (χ1n) is 2.42. The Labute approximate surface area is 77.6 Å². The standard InChI is InChI=1S/C4H6O4S3/c5-2(6)1-4(9,11-10)3(7)8/h9-10H,1H2,(H,5,6)(H,7,8). The molecule has 7 heteroatoms. The molecule has 0 bridgehead atoms. The number of hydrogen-bond donors (Lipinski definition) is 4. The van der Waals surface area contributed by atoms with Gasteiger partial charge in [-0.15, -0.1) is 24.3 Å². The van der Waals surface area contributed by atoms with E-state index in [2.05, 4.69) is 24.3 Å². The number of carbonyl (C=O) groups is 2. The molecular formula is C4H6O4S3. The zero-order valence-corrected chi connectivity index (χ0v) is 7.83. The number of thiol groups is 2. The fraction of sp³-hybridized carbons (Fsp3) is 0.500. The normalized spacial score (nSPS) is 15.5. The molecule has 4 nitrogen and oxygen atoms in total. The third kappa shape index (κ3) is 3.26. The molecule has 0 saturated carbocycles. The maximum absolute atomic E-state index is 10.4. The van der Waals surface area contributed by atoms with Crippen molar-refractivity contribution in [2.75, 3.05) is 0 Å². The average Bonchev–Trinajstić information content (AvgIpc) is 1.86. The zero-order chi connectivity index (χ0) is 9.07. The van der Waals surface area contributed by atoms with Crippen molar-refractivity contribution < 1.29 is 19.8 Å². The van der Waals surface area contributed by atoms with Crippen LogP contribution in [0.15, 0.2) is 0 Å². The molecule has 1 atom stereocenters. The molecule has 0 fully saturated rings. The Hall–Kier alpha value is -0.0100. The van der Waals surface area contributed by atoms with E-state index in [0.717, 1.165) is 0 Å². The summed E-state index contributed by atoms with van der Waals surface area (Å²) >= 11 is 7.27. The van der Waals surface area contributed by atoms with Gasteiger partial charge in [0.2, 0.25) is 0 Å². The molecule has 0 aromatic heterocycles. The van der Waals surface area contributed by atoms with E-state index < -0.39 is 22.4 Å². The third-order valence-corrected chi connectivity index (χ3v) is 3.49. The summed E-state index contributed by atoms with van der Waals surface area (Å²) in [4.78, 5) is 20.5. The van der Waals surface area contributed by atoms with Crippen LogP contribution in [0.5, 0.6) is 0 Å². The van der Waals surface area contributed by atoms with Gasteiger partial charge in [0.15, 0.2) is 4.08 Å². The molecule has 0 amide bonds. The summed E-state index contributed by atoms with van der Waals surface area (Å²) < 4.78 is -1.64. The lowest BCUT2D eigenvalue weighted by Gasteiger charge is -2.16. The van der Waals surface area contributed by atoms with Gasteiger partial charge < -0.3 is 10.2 Å². The van der Waals surface area contributed by atoms with E-state index in [9.17, 15) is 9.59 Å². The van der Waals surface area contributed by atoms with E-state index >= 15 is 0 Å². The lowest BCUT2D eigenvalue weighted by atomic mass is 10.3. The summed E-state index contributed by atoms with van der Waals surface area (Å²) in [6.07, 6.45) is -0.570. The summed E-state index contributed by atoms with van der Waals surface area (Å²) in [6.45, 7) is 0. The number of rotatable bonds is 4. The average molecular weight is 214 g/mol. The second-order valence-electron chi connectivity index (χ2n) is 1.75. The van der Waals surface area contributed by atoms with Crippen molar-refractivity contribution in [1.29, 1.82) is 0 Å². The maximum Gasteiger partial charge on any atom is 0.331 e. The minimum absolute atomic E-state index is 0.570. The van der Waals surface area contributed by atoms with Gasteiger partial charge >= 0.3 is 11.9 Å². The molecule has 0 aromatic rings. The van der Waals surface area contributed by atoms with Crippen molar-refractivity contribution in [3.8, 4) is 0 Å². The van der Waals surface area contributed by atoms with Crippen LogP contribution in [-0.2, 0) is 9.59 Å². The lowest BCUT2D eigenvalue weighted by Crippen LogP contribution is -2.30. The Morgan fingerprint density at radius 1 is 1.45 bits per heavy atom. The molecule has 0 rings (SSSR count). The molecule has 0 radical (unpaired) electrons. The first-order chi connectivity index (χ1) is 4.92. The molecular weight excluding hydrogens is 208 g/mol. The smallest absolute Gasteiger partial charge is 0.331 e. The van der Waals surface area contributed by atoms with Gasteiger partial charge in [-0.1, -0.05) is 10.8 Å². The van der Waals surface area contributed by atoms with Gasteiger partial charge in [-0.25, -0.2) is 4.79 Å². The Kier molecular flexibility index (Phi) is 4.12. The molecule has 2 N–H and O–H groups in total. The summed E-state index contributed by atoms with van der Waals surface area (Å²) in [6, 6.07) is 0. The molecule has 1 unspecified atom stereocenters.